The van der Waals surface area contributed by atoms with Gasteiger partial charge in [-0.05, 0) is 19.4 Å². The number of amides is 2. The van der Waals surface area contributed by atoms with Crippen LogP contribution in [0.3, 0.4) is 0 Å². The van der Waals surface area contributed by atoms with Crippen molar-refractivity contribution in [1.82, 2.24) is 20.9 Å². The lowest BCUT2D eigenvalue weighted by atomic mass is 9.92. The Kier molecular flexibility index (Phi) is 10.9. The average molecular weight is 475 g/mol. The van der Waals surface area contributed by atoms with Gasteiger partial charge in [0.05, 0.1) is 18.5 Å². The highest BCUT2D eigenvalue weighted by Crippen LogP contribution is 2.13. The van der Waals surface area contributed by atoms with E-state index in [0.717, 1.165) is 5.56 Å². The van der Waals surface area contributed by atoms with Crippen LogP contribution in [0.2, 0.25) is 0 Å². The van der Waals surface area contributed by atoms with Crippen molar-refractivity contribution in [2.75, 3.05) is 34.2 Å². The van der Waals surface area contributed by atoms with Crippen molar-refractivity contribution in [3.8, 4) is 0 Å². The zero-order chi connectivity index (χ0) is 18.9. The second kappa shape index (κ2) is 11.7. The second-order valence-electron chi connectivity index (χ2n) is 6.61. The molecular formula is C18H30IN5O2. The Morgan fingerprint density at radius 2 is 1.73 bits per heavy atom. The molecule has 0 aliphatic carbocycles. The maximum atomic E-state index is 11.9. The first-order valence-electron chi connectivity index (χ1n) is 8.24. The Morgan fingerprint density at radius 1 is 1.12 bits per heavy atom. The number of nitrogens with zero attached hydrogens (tertiary/aromatic N) is 2. The molecule has 0 unspecified atom stereocenters. The number of nitrogens with one attached hydrogen (secondary N) is 3. The molecule has 0 spiro atoms. The summed E-state index contributed by atoms with van der Waals surface area (Å²) < 4.78 is 0. The predicted molar refractivity (Wildman–Crippen MR) is 116 cm³/mol. The molecule has 0 aliphatic rings. The van der Waals surface area contributed by atoms with Crippen LogP contribution in [0.4, 0.5) is 0 Å². The summed E-state index contributed by atoms with van der Waals surface area (Å²) in [7, 11) is 5.02. The van der Waals surface area contributed by atoms with E-state index >= 15 is 0 Å². The standard InChI is InChI=1S/C18H29N5O2.HI/c1-18(2,16(25)19-3)13-22-17(21-12-15(24)23(4)5)20-11-14-9-7-6-8-10-14;/h6-10H,11-13H2,1-5H3,(H,19,25)(H2,20,21,22);1H. The number of likely N-dealkylation sites (N-methyl/N-ethyl adjacent to an activating group) is 1. The molecule has 0 radical (unpaired) electrons. The fraction of sp³-hybridized carbons (Fsp3) is 0.500. The molecule has 26 heavy (non-hydrogen) atoms. The van der Waals surface area contributed by atoms with Crippen LogP contribution in [-0.2, 0) is 16.1 Å². The van der Waals surface area contributed by atoms with E-state index in [9.17, 15) is 9.59 Å². The summed E-state index contributed by atoms with van der Waals surface area (Å²) >= 11 is 0. The van der Waals surface area contributed by atoms with Gasteiger partial charge >= 0.3 is 0 Å². The molecule has 3 N–H and O–H groups in total. The minimum atomic E-state index is -0.602. The van der Waals surface area contributed by atoms with Crippen LogP contribution in [0, 0.1) is 5.41 Å². The molecule has 146 valence electrons. The van der Waals surface area contributed by atoms with Gasteiger partial charge in [-0.25, -0.2) is 4.99 Å². The van der Waals surface area contributed by atoms with Gasteiger partial charge in [0.1, 0.15) is 0 Å². The molecule has 1 rings (SSSR count). The van der Waals surface area contributed by atoms with E-state index in [1.165, 1.54) is 4.90 Å². The Balaban J connectivity index is 0.00000625. The average Bonchev–Trinajstić information content (AvgIpc) is 2.60. The van der Waals surface area contributed by atoms with Crippen molar-refractivity contribution in [3.05, 3.63) is 35.9 Å². The number of hydrogen-bond donors (Lipinski definition) is 3. The van der Waals surface area contributed by atoms with E-state index in [4.69, 9.17) is 0 Å². The highest BCUT2D eigenvalue weighted by atomic mass is 127. The Bertz CT molecular complexity index is 603. The topological polar surface area (TPSA) is 85.8 Å². The largest absolute Gasteiger partial charge is 0.359 e. The lowest BCUT2D eigenvalue weighted by Gasteiger charge is -2.24. The molecule has 1 aromatic carbocycles. The minimum Gasteiger partial charge on any atom is -0.359 e. The first-order valence-corrected chi connectivity index (χ1v) is 8.24. The zero-order valence-corrected chi connectivity index (χ0v) is 18.5. The van der Waals surface area contributed by atoms with Crippen LogP contribution < -0.4 is 16.0 Å². The molecule has 7 nitrogen and oxygen atoms in total. The number of rotatable bonds is 7. The molecule has 8 heteroatoms. The highest BCUT2D eigenvalue weighted by Gasteiger charge is 2.26. The number of halogens is 1. The molecule has 0 aliphatic heterocycles. The predicted octanol–water partition coefficient (Wildman–Crippen LogP) is 1.20. The molecule has 0 fully saturated rings. The van der Waals surface area contributed by atoms with E-state index < -0.39 is 5.41 Å². The van der Waals surface area contributed by atoms with Gasteiger partial charge in [0.25, 0.3) is 0 Å². The van der Waals surface area contributed by atoms with Crippen LogP contribution in [0.1, 0.15) is 19.4 Å². The summed E-state index contributed by atoms with van der Waals surface area (Å²) in [5.74, 6) is 0.377. The van der Waals surface area contributed by atoms with E-state index in [2.05, 4.69) is 20.9 Å². The van der Waals surface area contributed by atoms with Crippen LogP contribution in [0.15, 0.2) is 35.3 Å². The van der Waals surface area contributed by atoms with Crippen LogP contribution in [0.25, 0.3) is 0 Å². The quantitative estimate of drug-likeness (QED) is 0.315. The fourth-order valence-electron chi connectivity index (χ4n) is 1.97. The van der Waals surface area contributed by atoms with Gasteiger partial charge in [-0.3, -0.25) is 9.59 Å². The lowest BCUT2D eigenvalue weighted by Crippen LogP contribution is -2.48. The van der Waals surface area contributed by atoms with Crippen LogP contribution in [0.5, 0.6) is 0 Å². The maximum Gasteiger partial charge on any atom is 0.241 e. The van der Waals surface area contributed by atoms with Gasteiger partial charge in [0.15, 0.2) is 5.96 Å². The van der Waals surface area contributed by atoms with Gasteiger partial charge < -0.3 is 20.9 Å². The van der Waals surface area contributed by atoms with Crippen molar-refractivity contribution >= 4 is 41.8 Å². The molecule has 0 heterocycles. The van der Waals surface area contributed by atoms with Gasteiger partial charge in [0.2, 0.25) is 11.8 Å². The third kappa shape index (κ3) is 8.50. The van der Waals surface area contributed by atoms with Crippen molar-refractivity contribution in [2.45, 2.75) is 20.4 Å². The van der Waals surface area contributed by atoms with Crippen LogP contribution in [-0.4, -0.2) is 56.9 Å². The Hall–Kier alpha value is -1.84. The summed E-state index contributed by atoms with van der Waals surface area (Å²) in [5.41, 5.74) is 0.461. The summed E-state index contributed by atoms with van der Waals surface area (Å²) in [6.07, 6.45) is 0. The molecule has 0 saturated heterocycles. The summed E-state index contributed by atoms with van der Waals surface area (Å²) in [6.45, 7) is 4.70. The smallest absolute Gasteiger partial charge is 0.241 e. The number of carbonyl (C=O) groups is 2. The maximum absolute atomic E-state index is 11.9. The summed E-state index contributed by atoms with van der Waals surface area (Å²) in [5, 5.41) is 8.82. The van der Waals surface area contributed by atoms with Crippen molar-refractivity contribution < 1.29 is 9.59 Å². The first kappa shape index (κ1) is 24.2. The lowest BCUT2D eigenvalue weighted by molar-refractivity contribution is -0.129. The summed E-state index contributed by atoms with van der Waals surface area (Å²) in [6, 6.07) is 9.83. The van der Waals surface area contributed by atoms with E-state index in [0.29, 0.717) is 19.0 Å². The van der Waals surface area contributed by atoms with E-state index in [1.54, 1.807) is 21.1 Å². The SMILES string of the molecule is CNC(=O)C(C)(C)CNC(=NCc1ccccc1)NCC(=O)N(C)C.I. The van der Waals surface area contributed by atoms with Gasteiger partial charge in [-0.1, -0.05) is 30.3 Å². The van der Waals surface area contributed by atoms with E-state index in [-0.39, 0.29) is 42.3 Å². The fourth-order valence-corrected chi connectivity index (χ4v) is 1.97. The number of carbonyl (C=O) groups excluding carboxylic acids is 2. The molecule has 0 saturated carbocycles. The molecule has 0 bridgehead atoms. The third-order valence-corrected chi connectivity index (χ3v) is 3.71. The molecule has 0 aromatic heterocycles. The van der Waals surface area contributed by atoms with Gasteiger partial charge in [-0.15, -0.1) is 24.0 Å². The van der Waals surface area contributed by atoms with Gasteiger partial charge in [-0.2, -0.15) is 0 Å². The third-order valence-electron chi connectivity index (χ3n) is 3.71. The monoisotopic (exact) mass is 475 g/mol. The zero-order valence-electron chi connectivity index (χ0n) is 16.1. The van der Waals surface area contributed by atoms with Crippen molar-refractivity contribution in [3.63, 3.8) is 0 Å². The molecule has 2 amide bonds. The normalized spacial score (nSPS) is 11.2. The highest BCUT2D eigenvalue weighted by molar-refractivity contribution is 14.0. The van der Waals surface area contributed by atoms with Gasteiger partial charge in [0, 0.05) is 27.7 Å². The van der Waals surface area contributed by atoms with E-state index in [1.807, 2.05) is 44.2 Å². The number of hydrogen-bond acceptors (Lipinski definition) is 3. The second-order valence-corrected chi connectivity index (χ2v) is 6.61. The molecule has 1 aromatic rings. The number of guanidine groups is 1. The minimum absolute atomic E-state index is 0. The summed E-state index contributed by atoms with van der Waals surface area (Å²) in [4.78, 5) is 29.7. The Labute approximate surface area is 173 Å². The first-order chi connectivity index (χ1) is 11.8. The molecule has 0 atom stereocenters. The van der Waals surface area contributed by atoms with Crippen LogP contribution >= 0.6 is 24.0 Å². The number of benzene rings is 1. The Morgan fingerprint density at radius 3 is 2.27 bits per heavy atom. The van der Waals surface area contributed by atoms with Crippen molar-refractivity contribution in [2.24, 2.45) is 10.4 Å². The number of aliphatic imine (C=N–C) groups is 1. The van der Waals surface area contributed by atoms with Crippen molar-refractivity contribution in [1.29, 1.82) is 0 Å². The molecular weight excluding hydrogens is 445 g/mol.